The lowest BCUT2D eigenvalue weighted by molar-refractivity contribution is -0.119. The van der Waals surface area contributed by atoms with Gasteiger partial charge in [0.2, 0.25) is 11.8 Å². The van der Waals surface area contributed by atoms with E-state index in [1.165, 1.54) is 64.1 Å². The van der Waals surface area contributed by atoms with E-state index in [1.54, 1.807) is 41.5 Å². The van der Waals surface area contributed by atoms with Gasteiger partial charge in [-0.05, 0) is 152 Å². The number of carbonyl (C=O) groups excluding carboxylic acids is 2. The molecule has 0 fully saturated rings. The zero-order valence-electron chi connectivity index (χ0n) is 36.6. The molecule has 2 unspecified atom stereocenters. The summed E-state index contributed by atoms with van der Waals surface area (Å²) >= 11 is 0. The SMILES string of the molecule is CC(C)c1cc(F)cc(C(C)CCC(C)c2cc(F)cc(C(C)C)c2CC(=O)NS(=O)(=O)c2cccc(C(C)(C)O)c2F)c1CC(=O)NS(=O)(=O)c1cc(F)cc(C(C)(C)O)c1. The predicted molar refractivity (Wildman–Crippen MR) is 228 cm³/mol. The molecule has 0 aliphatic carbocycles. The molecule has 2 atom stereocenters. The quantitative estimate of drug-likeness (QED) is 0.0764. The highest BCUT2D eigenvalue weighted by molar-refractivity contribution is 7.90. The van der Waals surface area contributed by atoms with E-state index in [0.717, 1.165) is 24.3 Å². The number of carbonyl (C=O) groups is 2. The van der Waals surface area contributed by atoms with Crippen molar-refractivity contribution in [2.45, 2.75) is 140 Å². The molecule has 0 aromatic heterocycles. The van der Waals surface area contributed by atoms with Crippen molar-refractivity contribution < 1.29 is 54.2 Å². The first-order valence-electron chi connectivity index (χ1n) is 20.2. The molecule has 338 valence electrons. The Morgan fingerprint density at radius 2 is 1.02 bits per heavy atom. The van der Waals surface area contributed by atoms with Gasteiger partial charge in [0.1, 0.15) is 28.2 Å². The lowest BCUT2D eigenvalue weighted by Crippen LogP contribution is -2.33. The van der Waals surface area contributed by atoms with Gasteiger partial charge in [0, 0.05) is 5.56 Å². The van der Waals surface area contributed by atoms with Crippen LogP contribution in [0.25, 0.3) is 0 Å². The van der Waals surface area contributed by atoms with Gasteiger partial charge in [-0.2, -0.15) is 0 Å². The predicted octanol–water partition coefficient (Wildman–Crippen LogP) is 8.73. The van der Waals surface area contributed by atoms with Crippen molar-refractivity contribution in [1.82, 2.24) is 9.44 Å². The van der Waals surface area contributed by atoms with Gasteiger partial charge in [-0.25, -0.2) is 43.8 Å². The van der Waals surface area contributed by atoms with Crippen LogP contribution in [0.15, 0.2) is 70.5 Å². The monoisotopic (exact) mass is 904 g/mol. The molecule has 62 heavy (non-hydrogen) atoms. The highest BCUT2D eigenvalue weighted by Crippen LogP contribution is 2.37. The summed E-state index contributed by atoms with van der Waals surface area (Å²) in [6.07, 6.45) is -0.317. The third kappa shape index (κ3) is 12.1. The molecule has 0 saturated heterocycles. The van der Waals surface area contributed by atoms with Crippen LogP contribution in [0.5, 0.6) is 0 Å². The van der Waals surface area contributed by atoms with Crippen LogP contribution < -0.4 is 9.44 Å². The molecule has 0 bridgehead atoms. The third-order valence-corrected chi connectivity index (χ3v) is 13.6. The zero-order chi connectivity index (χ0) is 46.9. The van der Waals surface area contributed by atoms with E-state index in [2.05, 4.69) is 0 Å². The fourth-order valence-corrected chi connectivity index (χ4v) is 9.68. The Hall–Kier alpha value is -4.64. The molecule has 2 amide bonds. The minimum Gasteiger partial charge on any atom is -0.386 e. The summed E-state index contributed by atoms with van der Waals surface area (Å²) < 4.78 is 117. The number of hydrogen-bond donors (Lipinski definition) is 4. The fourth-order valence-electron chi connectivity index (χ4n) is 7.56. The molecular formula is C46H56F4N2O8S2. The Kier molecular flexibility index (Phi) is 15.3. The molecule has 0 heterocycles. The van der Waals surface area contributed by atoms with Crippen molar-refractivity contribution >= 4 is 31.9 Å². The van der Waals surface area contributed by atoms with Gasteiger partial charge in [0.15, 0.2) is 0 Å². The van der Waals surface area contributed by atoms with Crippen molar-refractivity contribution in [3.8, 4) is 0 Å². The standard InChI is InChI=1S/C46H56F4N2O8S2/c1-25(2)34-19-31(48)21-36(38(34)23-42(53)51-61(57,58)33-17-29(45(7,8)55)16-30(47)18-33)27(5)14-15-28(6)37-22-32(49)20-35(26(3)4)39(37)24-43(54)52-62(59,60)41-13-11-12-40(44(41)50)46(9,10)56/h11-13,16-22,25-28,55-56H,14-15,23-24H2,1-10H3,(H,51,53)(H,52,54). The highest BCUT2D eigenvalue weighted by Gasteiger charge is 2.31. The summed E-state index contributed by atoms with van der Waals surface area (Å²) in [7, 11) is -9.37. The normalized spacial score (nSPS) is 13.6. The van der Waals surface area contributed by atoms with Gasteiger partial charge in [-0.3, -0.25) is 9.59 Å². The van der Waals surface area contributed by atoms with Crippen LogP contribution in [0, 0.1) is 23.3 Å². The molecule has 0 saturated carbocycles. The average Bonchev–Trinajstić information content (AvgIpc) is 3.12. The average molecular weight is 905 g/mol. The third-order valence-electron chi connectivity index (χ3n) is 10.9. The molecule has 4 aromatic carbocycles. The van der Waals surface area contributed by atoms with Gasteiger partial charge in [-0.1, -0.05) is 53.7 Å². The van der Waals surface area contributed by atoms with Crippen LogP contribution >= 0.6 is 0 Å². The topological polar surface area (TPSA) is 167 Å². The van der Waals surface area contributed by atoms with Crippen molar-refractivity contribution in [2.75, 3.05) is 0 Å². The number of sulfonamides is 2. The lowest BCUT2D eigenvalue weighted by Gasteiger charge is -2.25. The lowest BCUT2D eigenvalue weighted by atomic mass is 9.81. The highest BCUT2D eigenvalue weighted by atomic mass is 32.2. The van der Waals surface area contributed by atoms with Crippen molar-refractivity contribution in [3.05, 3.63) is 128 Å². The zero-order valence-corrected chi connectivity index (χ0v) is 38.2. The van der Waals surface area contributed by atoms with E-state index in [9.17, 15) is 41.0 Å². The first kappa shape index (κ1) is 50.0. The van der Waals surface area contributed by atoms with Crippen LogP contribution in [-0.2, 0) is 53.7 Å². The van der Waals surface area contributed by atoms with Crippen LogP contribution in [0.3, 0.4) is 0 Å². The molecule has 10 nitrogen and oxygen atoms in total. The van der Waals surface area contributed by atoms with Gasteiger partial charge in [-0.15, -0.1) is 0 Å². The number of rotatable bonds is 17. The van der Waals surface area contributed by atoms with E-state index >= 15 is 13.2 Å². The van der Waals surface area contributed by atoms with Crippen LogP contribution in [-0.4, -0.2) is 38.9 Å². The second-order valence-corrected chi connectivity index (χ2v) is 21.0. The number of halogens is 4. The van der Waals surface area contributed by atoms with Crippen LogP contribution in [0.4, 0.5) is 17.6 Å². The van der Waals surface area contributed by atoms with E-state index in [1.807, 2.05) is 9.44 Å². The maximum absolute atomic E-state index is 15.3. The summed E-state index contributed by atoms with van der Waals surface area (Å²) in [5.74, 6) is -6.81. The maximum Gasteiger partial charge on any atom is 0.266 e. The Morgan fingerprint density at radius 1 is 0.597 bits per heavy atom. The molecule has 0 aliphatic rings. The summed E-state index contributed by atoms with van der Waals surface area (Å²) in [4.78, 5) is 25.5. The minimum absolute atomic E-state index is 0.0275. The van der Waals surface area contributed by atoms with Gasteiger partial charge in [0.25, 0.3) is 20.0 Å². The molecule has 0 radical (unpaired) electrons. The Bertz CT molecular complexity index is 2560. The summed E-state index contributed by atoms with van der Waals surface area (Å²) in [5.41, 5.74) is -1.10. The summed E-state index contributed by atoms with van der Waals surface area (Å²) in [6.45, 7) is 16.0. The number of benzene rings is 4. The first-order chi connectivity index (χ1) is 28.4. The number of hydrogen-bond acceptors (Lipinski definition) is 8. The van der Waals surface area contributed by atoms with E-state index in [-0.39, 0.29) is 23.0 Å². The van der Waals surface area contributed by atoms with Gasteiger partial charge in [0.05, 0.1) is 28.9 Å². The van der Waals surface area contributed by atoms with E-state index in [4.69, 9.17) is 0 Å². The van der Waals surface area contributed by atoms with E-state index in [0.29, 0.717) is 46.2 Å². The van der Waals surface area contributed by atoms with Crippen LogP contribution in [0.1, 0.15) is 150 Å². The van der Waals surface area contributed by atoms with Crippen molar-refractivity contribution in [1.29, 1.82) is 0 Å². The van der Waals surface area contributed by atoms with Gasteiger partial charge >= 0.3 is 0 Å². The van der Waals surface area contributed by atoms with Crippen LogP contribution in [0.2, 0.25) is 0 Å². The molecular weight excluding hydrogens is 849 g/mol. The van der Waals surface area contributed by atoms with Crippen molar-refractivity contribution in [3.63, 3.8) is 0 Å². The second-order valence-electron chi connectivity index (χ2n) is 17.6. The Balaban J connectivity index is 1.62. The molecule has 4 N–H and O–H groups in total. The largest absolute Gasteiger partial charge is 0.386 e. The van der Waals surface area contributed by atoms with Crippen molar-refractivity contribution in [2.24, 2.45) is 0 Å². The molecule has 0 spiro atoms. The van der Waals surface area contributed by atoms with Gasteiger partial charge < -0.3 is 10.2 Å². The van der Waals surface area contributed by atoms with E-state index < -0.39 is 101 Å². The number of amides is 2. The maximum atomic E-state index is 15.3. The fraction of sp³-hybridized carbons (Fsp3) is 0.435. The first-order valence-corrected chi connectivity index (χ1v) is 23.2. The Morgan fingerprint density at radius 3 is 1.44 bits per heavy atom. The molecule has 0 aliphatic heterocycles. The Labute approximate surface area is 362 Å². The molecule has 4 rings (SSSR count). The summed E-state index contributed by atoms with van der Waals surface area (Å²) in [5, 5.41) is 20.7. The molecule has 4 aromatic rings. The molecule has 16 heteroatoms. The number of nitrogens with one attached hydrogen (secondary N) is 2. The smallest absolute Gasteiger partial charge is 0.266 e. The second kappa shape index (κ2) is 19.0. The summed E-state index contributed by atoms with van der Waals surface area (Å²) in [6, 6.07) is 11.3. The number of aliphatic hydroxyl groups is 2. The minimum atomic E-state index is -4.76.